The summed E-state index contributed by atoms with van der Waals surface area (Å²) < 4.78 is 8.10. The Kier molecular flexibility index (Phi) is 7.29. The van der Waals surface area contributed by atoms with Crippen LogP contribution in [0.2, 0.25) is 0 Å². The number of nitrogens with one attached hydrogen (secondary N) is 1. The van der Waals surface area contributed by atoms with Gasteiger partial charge in [0.2, 0.25) is 0 Å². The molecule has 3 aromatic rings. The van der Waals surface area contributed by atoms with Crippen molar-refractivity contribution in [2.45, 2.75) is 96.9 Å². The van der Waals surface area contributed by atoms with Gasteiger partial charge in [-0.1, -0.05) is 26.2 Å². The Morgan fingerprint density at radius 2 is 1.91 bits per heavy atom. The topological polar surface area (TPSA) is 88.9 Å². The molecule has 1 saturated carbocycles. The summed E-state index contributed by atoms with van der Waals surface area (Å²) in [6.45, 7) is 8.48. The van der Waals surface area contributed by atoms with Crippen LogP contribution in [0.5, 0.6) is 0 Å². The Labute approximate surface area is 207 Å². The lowest BCUT2D eigenvalue weighted by atomic mass is 9.95. The molecule has 2 aromatic heterocycles. The Balaban J connectivity index is 1.49. The van der Waals surface area contributed by atoms with Gasteiger partial charge in [0, 0.05) is 30.8 Å². The molecule has 5 rings (SSSR count). The second kappa shape index (κ2) is 10.6. The molecule has 0 bridgehead atoms. The predicted molar refractivity (Wildman–Crippen MR) is 136 cm³/mol. The van der Waals surface area contributed by atoms with E-state index in [-0.39, 0.29) is 17.7 Å². The number of fused-ring (bicyclic) bond motifs is 1. The van der Waals surface area contributed by atoms with Crippen molar-refractivity contribution < 1.29 is 4.74 Å². The van der Waals surface area contributed by atoms with Crippen LogP contribution in [0.3, 0.4) is 0 Å². The number of ether oxygens (including phenoxy) is 1. The molecule has 1 N–H and O–H groups in total. The van der Waals surface area contributed by atoms with Gasteiger partial charge < -0.3 is 9.72 Å². The Morgan fingerprint density at radius 1 is 1.11 bits per heavy atom. The molecule has 0 spiro atoms. The van der Waals surface area contributed by atoms with Gasteiger partial charge >= 0.3 is 0 Å². The summed E-state index contributed by atoms with van der Waals surface area (Å²) in [5.41, 5.74) is 4.04. The van der Waals surface area contributed by atoms with Gasteiger partial charge in [0.05, 0.1) is 18.2 Å². The summed E-state index contributed by atoms with van der Waals surface area (Å²) in [5.74, 6) is 0.918. The minimum absolute atomic E-state index is 0.0194. The molecule has 1 aromatic carbocycles. The van der Waals surface area contributed by atoms with Crippen LogP contribution in [0, 0.1) is 13.8 Å². The fraction of sp³-hybridized carbons (Fsp3) is 0.630. The number of hydrogen-bond donors (Lipinski definition) is 1. The van der Waals surface area contributed by atoms with Gasteiger partial charge in [0.1, 0.15) is 0 Å². The summed E-state index contributed by atoms with van der Waals surface area (Å²) in [6, 6.07) is 6.66. The number of aromatic amines is 1. The molecule has 8 nitrogen and oxygen atoms in total. The van der Waals surface area contributed by atoms with Crippen molar-refractivity contribution in [3.8, 4) is 0 Å². The van der Waals surface area contributed by atoms with Crippen molar-refractivity contribution in [2.75, 3.05) is 13.2 Å². The molecule has 188 valence electrons. The zero-order chi connectivity index (χ0) is 24.4. The highest BCUT2D eigenvalue weighted by molar-refractivity contribution is 5.80. The van der Waals surface area contributed by atoms with Crippen molar-refractivity contribution in [3.05, 3.63) is 51.1 Å². The Bertz CT molecular complexity index is 1210. The smallest absolute Gasteiger partial charge is 0.252 e. The standard InChI is InChI=1S/C27H38N6O2/c1-4-25(26-29-30-31-33(26)22-9-6-5-7-10-22)32(17-23-11-8-12-35-23)16-21-15-20-13-18(2)19(3)14-24(20)28-27(21)34/h13-15,22-23,25H,4-12,16-17H2,1-3H3,(H,28,34). The summed E-state index contributed by atoms with van der Waals surface area (Å²) in [6.07, 6.45) is 9.18. The first-order valence-electron chi connectivity index (χ1n) is 13.3. The number of aromatic nitrogens is 5. The average Bonchev–Trinajstić information content (AvgIpc) is 3.55. The number of nitrogens with zero attached hydrogens (tertiary/aromatic N) is 5. The maximum absolute atomic E-state index is 13.2. The van der Waals surface area contributed by atoms with Crippen LogP contribution in [-0.4, -0.2) is 49.3 Å². The van der Waals surface area contributed by atoms with Gasteiger partial charge in [-0.05, 0) is 91.1 Å². The largest absolute Gasteiger partial charge is 0.377 e. The van der Waals surface area contributed by atoms with Crippen molar-refractivity contribution in [2.24, 2.45) is 0 Å². The van der Waals surface area contributed by atoms with E-state index in [1.54, 1.807) is 0 Å². The van der Waals surface area contributed by atoms with Crippen LogP contribution in [0.4, 0.5) is 0 Å². The van der Waals surface area contributed by atoms with E-state index in [1.165, 1.54) is 30.4 Å². The van der Waals surface area contributed by atoms with Crippen molar-refractivity contribution in [1.29, 1.82) is 0 Å². The van der Waals surface area contributed by atoms with Gasteiger partial charge in [-0.3, -0.25) is 9.69 Å². The number of aryl methyl sites for hydroxylation is 2. The number of pyridine rings is 1. The molecule has 2 fully saturated rings. The third kappa shape index (κ3) is 5.19. The first kappa shape index (κ1) is 24.1. The molecule has 8 heteroatoms. The van der Waals surface area contributed by atoms with Crippen molar-refractivity contribution in [1.82, 2.24) is 30.1 Å². The number of hydrogen-bond acceptors (Lipinski definition) is 6. The molecule has 0 amide bonds. The fourth-order valence-corrected chi connectivity index (χ4v) is 5.82. The zero-order valence-corrected chi connectivity index (χ0v) is 21.3. The van der Waals surface area contributed by atoms with Gasteiger partial charge in [0.15, 0.2) is 5.82 Å². The minimum atomic E-state index is -0.0279. The van der Waals surface area contributed by atoms with Gasteiger partial charge in [-0.15, -0.1) is 5.10 Å². The highest BCUT2D eigenvalue weighted by Gasteiger charge is 2.31. The third-order valence-corrected chi connectivity index (χ3v) is 7.94. The highest BCUT2D eigenvalue weighted by Crippen LogP contribution is 2.32. The molecule has 2 aliphatic rings. The van der Waals surface area contributed by atoms with E-state index in [0.29, 0.717) is 12.6 Å². The van der Waals surface area contributed by atoms with Gasteiger partial charge in [-0.2, -0.15) is 0 Å². The first-order valence-corrected chi connectivity index (χ1v) is 13.3. The Hall–Kier alpha value is -2.58. The van der Waals surface area contributed by atoms with Crippen LogP contribution in [0.15, 0.2) is 23.0 Å². The Morgan fingerprint density at radius 3 is 2.66 bits per heavy atom. The molecule has 3 heterocycles. The van der Waals surface area contributed by atoms with E-state index < -0.39 is 0 Å². The maximum atomic E-state index is 13.2. The number of H-pyrrole nitrogens is 1. The average molecular weight is 479 g/mol. The quantitative estimate of drug-likeness (QED) is 0.502. The van der Waals surface area contributed by atoms with Crippen molar-refractivity contribution >= 4 is 10.9 Å². The summed E-state index contributed by atoms with van der Waals surface area (Å²) >= 11 is 0. The highest BCUT2D eigenvalue weighted by atomic mass is 16.5. The summed E-state index contributed by atoms with van der Waals surface area (Å²) in [4.78, 5) is 18.6. The minimum Gasteiger partial charge on any atom is -0.377 e. The predicted octanol–water partition coefficient (Wildman–Crippen LogP) is 4.77. The maximum Gasteiger partial charge on any atom is 0.252 e. The third-order valence-electron chi connectivity index (χ3n) is 7.94. The van der Waals surface area contributed by atoms with E-state index in [4.69, 9.17) is 4.74 Å². The number of tetrazole rings is 1. The lowest BCUT2D eigenvalue weighted by molar-refractivity contribution is 0.0481. The molecule has 2 unspecified atom stereocenters. The van der Waals surface area contributed by atoms with Crippen LogP contribution in [0.25, 0.3) is 10.9 Å². The summed E-state index contributed by atoms with van der Waals surface area (Å²) in [5, 5.41) is 14.1. The second-order valence-corrected chi connectivity index (χ2v) is 10.4. The molecule has 1 aliphatic carbocycles. The van der Waals surface area contributed by atoms with E-state index in [1.807, 2.05) is 0 Å². The molecule has 35 heavy (non-hydrogen) atoms. The number of rotatable bonds is 8. The first-order chi connectivity index (χ1) is 17.0. The van der Waals surface area contributed by atoms with Crippen molar-refractivity contribution in [3.63, 3.8) is 0 Å². The van der Waals surface area contributed by atoms with Gasteiger partial charge in [0.25, 0.3) is 5.56 Å². The van der Waals surface area contributed by atoms with Gasteiger partial charge in [-0.25, -0.2) is 4.68 Å². The van der Waals surface area contributed by atoms with Crippen LogP contribution in [0.1, 0.15) is 92.9 Å². The molecular formula is C27H38N6O2. The lowest BCUT2D eigenvalue weighted by Gasteiger charge is -2.33. The molecule has 2 atom stereocenters. The molecular weight excluding hydrogens is 440 g/mol. The number of benzene rings is 1. The zero-order valence-electron chi connectivity index (χ0n) is 21.3. The van der Waals surface area contributed by atoms with Crippen LogP contribution in [-0.2, 0) is 11.3 Å². The lowest BCUT2D eigenvalue weighted by Crippen LogP contribution is -2.38. The SMILES string of the molecule is CCC(c1nnnn1C1CCCCC1)N(Cc1cc2cc(C)c(C)cc2[nH]c1=O)CC1CCCO1. The second-order valence-electron chi connectivity index (χ2n) is 10.4. The molecule has 1 aliphatic heterocycles. The summed E-state index contributed by atoms with van der Waals surface area (Å²) in [7, 11) is 0. The monoisotopic (exact) mass is 478 g/mol. The molecule has 1 saturated heterocycles. The van der Waals surface area contributed by atoms with Crippen LogP contribution >= 0.6 is 0 Å². The van der Waals surface area contributed by atoms with Crippen LogP contribution < -0.4 is 5.56 Å². The van der Waals surface area contributed by atoms with E-state index in [9.17, 15) is 4.79 Å². The normalized spacial score (nSPS) is 20.2. The molecule has 0 radical (unpaired) electrons. The fourth-order valence-electron chi connectivity index (χ4n) is 5.82. The van der Waals surface area contributed by atoms with E-state index >= 15 is 0 Å². The van der Waals surface area contributed by atoms with E-state index in [2.05, 4.69) is 69.1 Å². The van der Waals surface area contributed by atoms with E-state index in [0.717, 1.165) is 67.5 Å².